The Morgan fingerprint density at radius 2 is 1.94 bits per heavy atom. The van der Waals surface area contributed by atoms with E-state index in [1.807, 2.05) is 15.9 Å². The summed E-state index contributed by atoms with van der Waals surface area (Å²) in [6.07, 6.45) is 8.60. The van der Waals surface area contributed by atoms with E-state index in [0.29, 0.717) is 30.8 Å². The van der Waals surface area contributed by atoms with Crippen LogP contribution in [0.3, 0.4) is 0 Å². The number of rotatable bonds is 6. The highest BCUT2D eigenvalue weighted by Crippen LogP contribution is 2.45. The lowest BCUT2D eigenvalue weighted by Gasteiger charge is -2.34. The van der Waals surface area contributed by atoms with Gasteiger partial charge >= 0.3 is 6.61 Å². The van der Waals surface area contributed by atoms with E-state index in [2.05, 4.69) is 59.1 Å². The highest BCUT2D eigenvalue weighted by atomic mass is 32.1. The third-order valence-corrected chi connectivity index (χ3v) is 9.37. The van der Waals surface area contributed by atoms with Crippen LogP contribution in [0.15, 0.2) is 24.7 Å². The summed E-state index contributed by atoms with van der Waals surface area (Å²) < 4.78 is 33.1. The summed E-state index contributed by atoms with van der Waals surface area (Å²) in [5.41, 5.74) is 6.91. The second-order valence-electron chi connectivity index (χ2n) is 10.7. The van der Waals surface area contributed by atoms with E-state index in [4.69, 9.17) is 4.74 Å². The highest BCUT2D eigenvalue weighted by molar-refractivity contribution is 7.19. The molecule has 1 atom stereocenters. The molecule has 0 amide bonds. The second kappa shape index (κ2) is 9.50. The summed E-state index contributed by atoms with van der Waals surface area (Å²) in [5.74, 6) is 0.960. The van der Waals surface area contributed by atoms with Gasteiger partial charge in [-0.15, -0.1) is 11.3 Å². The van der Waals surface area contributed by atoms with Crippen molar-refractivity contribution in [1.82, 2.24) is 24.5 Å². The number of H-pyrrole nitrogens is 1. The standard InChI is InChI=1S/C27H33F2N5OS/c1-15(2)23-24(18-10-16(3)26-30-14-31-34(26)12-18)32-21-11-22(36-25(21)23)17-4-6-19(7-5-17)33-9-8-20(13-33)35-27(28)29/h10-12,14-15,17,19-20,27,32H,4-9,13H2,1-3H3. The van der Waals surface area contributed by atoms with Crippen LogP contribution in [0.25, 0.3) is 27.1 Å². The molecule has 6 nitrogen and oxygen atoms in total. The van der Waals surface area contributed by atoms with Crippen LogP contribution in [0.4, 0.5) is 8.78 Å². The number of aryl methyl sites for hydroxylation is 1. The molecule has 1 aliphatic heterocycles. The predicted molar refractivity (Wildman–Crippen MR) is 139 cm³/mol. The van der Waals surface area contributed by atoms with Gasteiger partial charge in [-0.2, -0.15) is 13.9 Å². The summed E-state index contributed by atoms with van der Waals surface area (Å²) in [6, 6.07) is 5.05. The largest absolute Gasteiger partial charge is 0.354 e. The van der Waals surface area contributed by atoms with Crippen molar-refractivity contribution in [3.8, 4) is 11.3 Å². The normalized spacial score (nSPS) is 23.7. The predicted octanol–water partition coefficient (Wildman–Crippen LogP) is 6.71. The summed E-state index contributed by atoms with van der Waals surface area (Å²) in [5, 5.41) is 4.36. The minimum absolute atomic E-state index is 0.321. The van der Waals surface area contributed by atoms with Crippen molar-refractivity contribution in [3.05, 3.63) is 40.7 Å². The maximum Gasteiger partial charge on any atom is 0.345 e. The van der Waals surface area contributed by atoms with Crippen LogP contribution >= 0.6 is 11.3 Å². The van der Waals surface area contributed by atoms with Gasteiger partial charge in [0.2, 0.25) is 0 Å². The average Bonchev–Trinajstić information content (AvgIpc) is 3.61. The Morgan fingerprint density at radius 3 is 2.69 bits per heavy atom. The van der Waals surface area contributed by atoms with Crippen LogP contribution in [-0.2, 0) is 4.74 Å². The first-order valence-electron chi connectivity index (χ1n) is 13.0. The number of hydrogen-bond donors (Lipinski definition) is 1. The Balaban J connectivity index is 1.20. The number of likely N-dealkylation sites (tertiary alicyclic amines) is 1. The van der Waals surface area contributed by atoms with Gasteiger partial charge in [0.1, 0.15) is 6.33 Å². The van der Waals surface area contributed by atoms with Crippen LogP contribution in [0.1, 0.15) is 73.8 Å². The molecule has 4 aromatic heterocycles. The highest BCUT2D eigenvalue weighted by Gasteiger charge is 2.33. The van der Waals surface area contributed by atoms with Crippen LogP contribution < -0.4 is 0 Å². The summed E-state index contributed by atoms with van der Waals surface area (Å²) in [7, 11) is 0. The number of aromatic nitrogens is 4. The van der Waals surface area contributed by atoms with Gasteiger partial charge in [-0.3, -0.25) is 4.90 Å². The molecule has 6 rings (SSSR count). The number of nitrogens with zero attached hydrogens (tertiary/aromatic N) is 4. The molecule has 0 bridgehead atoms. The molecule has 1 aliphatic carbocycles. The van der Waals surface area contributed by atoms with E-state index in [1.54, 1.807) is 6.33 Å². The molecule has 5 heterocycles. The lowest BCUT2D eigenvalue weighted by atomic mass is 9.84. The number of aromatic amines is 1. The van der Waals surface area contributed by atoms with Gasteiger partial charge in [0.05, 0.1) is 22.0 Å². The van der Waals surface area contributed by atoms with Gasteiger partial charge in [0.25, 0.3) is 0 Å². The van der Waals surface area contributed by atoms with Crippen molar-refractivity contribution >= 4 is 27.2 Å². The van der Waals surface area contributed by atoms with Crippen molar-refractivity contribution in [1.29, 1.82) is 0 Å². The first kappa shape index (κ1) is 24.0. The Hall–Kier alpha value is -2.36. The number of fused-ring (bicyclic) bond motifs is 2. The molecule has 1 saturated heterocycles. The topological polar surface area (TPSA) is 58.5 Å². The molecule has 0 spiro atoms. The first-order chi connectivity index (χ1) is 17.4. The fraction of sp³-hybridized carbons (Fsp3) is 0.556. The maximum atomic E-state index is 12.6. The fourth-order valence-corrected chi connectivity index (χ4v) is 7.78. The Labute approximate surface area is 213 Å². The van der Waals surface area contributed by atoms with Crippen molar-refractivity contribution in [3.63, 3.8) is 0 Å². The smallest absolute Gasteiger partial charge is 0.345 e. The third-order valence-electron chi connectivity index (χ3n) is 8.04. The molecule has 192 valence electrons. The quantitative estimate of drug-likeness (QED) is 0.311. The second-order valence-corrected chi connectivity index (χ2v) is 11.8. The van der Waals surface area contributed by atoms with Gasteiger partial charge in [-0.25, -0.2) is 9.50 Å². The molecule has 36 heavy (non-hydrogen) atoms. The fourth-order valence-electron chi connectivity index (χ4n) is 6.30. The molecule has 4 aromatic rings. The number of hydrogen-bond acceptors (Lipinski definition) is 5. The minimum atomic E-state index is -2.67. The van der Waals surface area contributed by atoms with E-state index in [9.17, 15) is 8.78 Å². The zero-order valence-electron chi connectivity index (χ0n) is 21.0. The van der Waals surface area contributed by atoms with E-state index >= 15 is 0 Å². The summed E-state index contributed by atoms with van der Waals surface area (Å²) >= 11 is 1.94. The van der Waals surface area contributed by atoms with E-state index in [1.165, 1.54) is 26.4 Å². The van der Waals surface area contributed by atoms with Gasteiger partial charge in [0.15, 0.2) is 5.65 Å². The Morgan fingerprint density at radius 1 is 1.14 bits per heavy atom. The maximum absolute atomic E-state index is 12.6. The molecule has 1 N–H and O–H groups in total. The SMILES string of the molecule is Cc1cc(-c2[nH]c3cc(C4CCC(N5CCC(OC(F)F)C5)CC4)sc3c2C(C)C)cn2ncnc12. The summed E-state index contributed by atoms with van der Waals surface area (Å²) in [4.78, 5) is 11.9. The Kier molecular flexibility index (Phi) is 6.34. The number of alkyl halides is 2. The summed E-state index contributed by atoms with van der Waals surface area (Å²) in [6.45, 7) is 5.45. The monoisotopic (exact) mass is 513 g/mol. The molecule has 9 heteroatoms. The van der Waals surface area contributed by atoms with Crippen LogP contribution in [0, 0.1) is 6.92 Å². The van der Waals surface area contributed by atoms with Crippen molar-refractivity contribution in [2.45, 2.75) is 83.5 Å². The van der Waals surface area contributed by atoms with Crippen LogP contribution in [-0.4, -0.2) is 56.3 Å². The van der Waals surface area contributed by atoms with E-state index in [-0.39, 0.29) is 6.10 Å². The van der Waals surface area contributed by atoms with Crippen molar-refractivity contribution in [2.75, 3.05) is 13.1 Å². The van der Waals surface area contributed by atoms with Crippen LogP contribution in [0.2, 0.25) is 0 Å². The molecule has 2 aliphatic rings. The molecule has 1 saturated carbocycles. The third kappa shape index (κ3) is 4.35. The first-order valence-corrected chi connectivity index (χ1v) is 13.8. The minimum Gasteiger partial charge on any atom is -0.354 e. The van der Waals surface area contributed by atoms with Gasteiger partial charge in [0, 0.05) is 35.8 Å². The molecule has 2 fully saturated rings. The number of halogens is 2. The van der Waals surface area contributed by atoms with Gasteiger partial charge < -0.3 is 9.72 Å². The average molecular weight is 514 g/mol. The zero-order chi connectivity index (χ0) is 25.0. The lowest BCUT2D eigenvalue weighted by Crippen LogP contribution is -2.37. The van der Waals surface area contributed by atoms with Gasteiger partial charge in [-0.1, -0.05) is 13.8 Å². The van der Waals surface area contributed by atoms with Crippen molar-refractivity contribution < 1.29 is 13.5 Å². The van der Waals surface area contributed by atoms with Gasteiger partial charge in [-0.05, 0) is 74.1 Å². The zero-order valence-corrected chi connectivity index (χ0v) is 21.8. The molecular weight excluding hydrogens is 480 g/mol. The number of pyridine rings is 1. The molecule has 0 aromatic carbocycles. The van der Waals surface area contributed by atoms with E-state index in [0.717, 1.165) is 49.0 Å². The van der Waals surface area contributed by atoms with Crippen LogP contribution in [0.5, 0.6) is 0 Å². The van der Waals surface area contributed by atoms with E-state index < -0.39 is 6.61 Å². The molecular formula is C27H33F2N5OS. The number of nitrogens with one attached hydrogen (secondary N) is 1. The number of ether oxygens (including phenoxy) is 1. The van der Waals surface area contributed by atoms with Crippen molar-refractivity contribution in [2.24, 2.45) is 0 Å². The molecule has 0 radical (unpaired) electrons. The molecule has 1 unspecified atom stereocenters. The Bertz CT molecular complexity index is 1370. The number of thiophene rings is 1. The lowest BCUT2D eigenvalue weighted by molar-refractivity contribution is -0.159.